The Morgan fingerprint density at radius 3 is 2.88 bits per heavy atom. The molecule has 86 valence electrons. The van der Waals surface area contributed by atoms with Crippen molar-refractivity contribution in [2.75, 3.05) is 18.5 Å². The van der Waals surface area contributed by atoms with E-state index in [1.54, 1.807) is 11.9 Å². The van der Waals surface area contributed by atoms with Crippen molar-refractivity contribution >= 4 is 23.2 Å². The summed E-state index contributed by atoms with van der Waals surface area (Å²) in [5.74, 6) is -0.415. The summed E-state index contributed by atoms with van der Waals surface area (Å²) >= 11 is 5.91. The Balaban J connectivity index is 2.29. The van der Waals surface area contributed by atoms with Gasteiger partial charge in [-0.1, -0.05) is 11.6 Å². The summed E-state index contributed by atoms with van der Waals surface area (Å²) in [6.45, 7) is 0.607. The number of carbonyl (C=O) groups is 1. The van der Waals surface area contributed by atoms with E-state index in [9.17, 15) is 9.18 Å². The number of nitrogens with zero attached hydrogens (tertiary/aromatic N) is 1. The van der Waals surface area contributed by atoms with E-state index in [1.807, 2.05) is 0 Å². The molecule has 16 heavy (non-hydrogen) atoms. The van der Waals surface area contributed by atoms with E-state index in [0.717, 1.165) is 6.42 Å². The van der Waals surface area contributed by atoms with Crippen molar-refractivity contribution < 1.29 is 9.18 Å². The molecule has 2 rings (SSSR count). The van der Waals surface area contributed by atoms with Crippen LogP contribution in [-0.4, -0.2) is 25.5 Å². The normalized spacial score (nSPS) is 20.6. The number of amides is 1. The third-order valence-corrected chi connectivity index (χ3v) is 3.06. The lowest BCUT2D eigenvalue weighted by Crippen LogP contribution is -2.36. The Hall–Kier alpha value is -1.13. The summed E-state index contributed by atoms with van der Waals surface area (Å²) in [6.07, 6.45) is 0.739. The van der Waals surface area contributed by atoms with Crippen LogP contribution in [0.5, 0.6) is 0 Å². The smallest absolute Gasteiger partial charge is 0.244 e. The van der Waals surface area contributed by atoms with Gasteiger partial charge < -0.3 is 10.2 Å². The van der Waals surface area contributed by atoms with Crippen molar-refractivity contribution in [3.8, 4) is 0 Å². The largest absolute Gasteiger partial charge is 0.310 e. The highest BCUT2D eigenvalue weighted by Crippen LogP contribution is 2.29. The van der Waals surface area contributed by atoms with Gasteiger partial charge in [0.25, 0.3) is 0 Å². The molecule has 1 fully saturated rings. The molecule has 1 saturated heterocycles. The van der Waals surface area contributed by atoms with Crippen LogP contribution in [0.25, 0.3) is 0 Å². The zero-order chi connectivity index (χ0) is 11.7. The number of benzene rings is 1. The fraction of sp³-hybridized carbons (Fsp3) is 0.364. The molecule has 0 aliphatic carbocycles. The molecule has 0 aromatic heterocycles. The van der Waals surface area contributed by atoms with Crippen LogP contribution in [0.3, 0.4) is 0 Å². The van der Waals surface area contributed by atoms with E-state index in [0.29, 0.717) is 12.2 Å². The fourth-order valence-corrected chi connectivity index (χ4v) is 2.16. The van der Waals surface area contributed by atoms with Crippen LogP contribution in [0.1, 0.15) is 6.42 Å². The van der Waals surface area contributed by atoms with E-state index in [-0.39, 0.29) is 17.0 Å². The minimum Gasteiger partial charge on any atom is -0.310 e. The SMILES string of the molecule is CNC1CCN(c2ccc(F)cc2Cl)C1=O. The van der Waals surface area contributed by atoms with Gasteiger partial charge in [0.1, 0.15) is 5.82 Å². The molecule has 1 aromatic rings. The first-order valence-corrected chi connectivity index (χ1v) is 5.45. The second-order valence-corrected chi connectivity index (χ2v) is 4.12. The first-order chi connectivity index (χ1) is 7.63. The summed E-state index contributed by atoms with van der Waals surface area (Å²) in [7, 11) is 1.75. The maximum Gasteiger partial charge on any atom is 0.244 e. The van der Waals surface area contributed by atoms with Crippen molar-refractivity contribution in [3.63, 3.8) is 0 Å². The van der Waals surface area contributed by atoms with E-state index in [4.69, 9.17) is 11.6 Å². The van der Waals surface area contributed by atoms with Gasteiger partial charge in [0.2, 0.25) is 5.91 Å². The first-order valence-electron chi connectivity index (χ1n) is 5.07. The quantitative estimate of drug-likeness (QED) is 0.858. The second kappa shape index (κ2) is 4.39. The summed E-state index contributed by atoms with van der Waals surface area (Å²) in [5.41, 5.74) is 0.575. The van der Waals surface area contributed by atoms with Crippen LogP contribution >= 0.6 is 11.6 Å². The van der Waals surface area contributed by atoms with E-state index in [1.165, 1.54) is 18.2 Å². The Kier molecular flexibility index (Phi) is 3.12. The number of nitrogens with one attached hydrogen (secondary N) is 1. The number of hydrogen-bond acceptors (Lipinski definition) is 2. The van der Waals surface area contributed by atoms with Gasteiger partial charge in [0.05, 0.1) is 16.8 Å². The molecule has 1 aliphatic heterocycles. The van der Waals surface area contributed by atoms with Gasteiger partial charge >= 0.3 is 0 Å². The number of rotatable bonds is 2. The van der Waals surface area contributed by atoms with E-state index in [2.05, 4.69) is 5.32 Å². The molecule has 3 nitrogen and oxygen atoms in total. The molecule has 1 heterocycles. The van der Waals surface area contributed by atoms with Gasteiger partial charge in [0, 0.05) is 6.54 Å². The zero-order valence-electron chi connectivity index (χ0n) is 8.84. The summed E-state index contributed by atoms with van der Waals surface area (Å²) in [6, 6.07) is 3.90. The highest BCUT2D eigenvalue weighted by molar-refractivity contribution is 6.34. The lowest BCUT2D eigenvalue weighted by Gasteiger charge is -2.18. The van der Waals surface area contributed by atoms with Crippen LogP contribution in [0.15, 0.2) is 18.2 Å². The summed E-state index contributed by atoms with van der Waals surface area (Å²) in [5, 5.41) is 3.20. The Morgan fingerprint density at radius 2 is 2.31 bits per heavy atom. The number of halogens is 2. The lowest BCUT2D eigenvalue weighted by atomic mass is 10.2. The number of carbonyl (C=O) groups excluding carboxylic acids is 1. The fourth-order valence-electron chi connectivity index (χ4n) is 1.89. The maximum atomic E-state index is 12.9. The highest BCUT2D eigenvalue weighted by Gasteiger charge is 2.32. The zero-order valence-corrected chi connectivity index (χ0v) is 9.59. The van der Waals surface area contributed by atoms with Crippen LogP contribution in [0.2, 0.25) is 5.02 Å². The molecule has 1 N–H and O–H groups in total. The molecule has 0 spiro atoms. The molecule has 0 saturated carbocycles. The minimum absolute atomic E-state index is 0.0176. The third-order valence-electron chi connectivity index (χ3n) is 2.75. The number of hydrogen-bond donors (Lipinski definition) is 1. The summed E-state index contributed by atoms with van der Waals surface area (Å²) < 4.78 is 12.9. The second-order valence-electron chi connectivity index (χ2n) is 3.72. The molecule has 0 radical (unpaired) electrons. The van der Waals surface area contributed by atoms with Gasteiger partial charge in [-0.05, 0) is 31.7 Å². The van der Waals surface area contributed by atoms with Gasteiger partial charge in [-0.15, -0.1) is 0 Å². The Labute approximate surface area is 98.2 Å². The van der Waals surface area contributed by atoms with E-state index < -0.39 is 5.82 Å². The average molecular weight is 243 g/mol. The van der Waals surface area contributed by atoms with Crippen molar-refractivity contribution in [1.29, 1.82) is 0 Å². The van der Waals surface area contributed by atoms with E-state index >= 15 is 0 Å². The van der Waals surface area contributed by atoms with Gasteiger partial charge in [-0.2, -0.15) is 0 Å². The molecule has 0 bridgehead atoms. The molecule has 1 aliphatic rings. The predicted octanol–water partition coefficient (Wildman–Crippen LogP) is 1.80. The van der Waals surface area contributed by atoms with Crippen molar-refractivity contribution in [3.05, 3.63) is 29.0 Å². The van der Waals surface area contributed by atoms with Crippen molar-refractivity contribution in [2.45, 2.75) is 12.5 Å². The van der Waals surface area contributed by atoms with Gasteiger partial charge in [-0.3, -0.25) is 4.79 Å². The number of likely N-dealkylation sites (N-methyl/N-ethyl adjacent to an activating group) is 1. The predicted molar refractivity (Wildman–Crippen MR) is 61.2 cm³/mol. The maximum absolute atomic E-state index is 12.9. The summed E-state index contributed by atoms with van der Waals surface area (Å²) in [4.78, 5) is 13.5. The van der Waals surface area contributed by atoms with Crippen molar-refractivity contribution in [2.24, 2.45) is 0 Å². The molecule has 5 heteroatoms. The monoisotopic (exact) mass is 242 g/mol. The third kappa shape index (κ3) is 1.90. The van der Waals surface area contributed by atoms with Gasteiger partial charge in [-0.25, -0.2) is 4.39 Å². The van der Waals surface area contributed by atoms with Crippen LogP contribution < -0.4 is 10.2 Å². The molecule has 1 amide bonds. The standard InChI is InChI=1S/C11H12ClFN2O/c1-14-9-4-5-15(11(9)16)10-3-2-7(13)6-8(10)12/h2-3,6,9,14H,4-5H2,1H3. The number of anilines is 1. The molecular weight excluding hydrogens is 231 g/mol. The first kappa shape index (κ1) is 11.4. The molecule has 1 atom stereocenters. The molecular formula is C11H12ClFN2O. The Morgan fingerprint density at radius 1 is 1.56 bits per heavy atom. The molecule has 1 aromatic carbocycles. The minimum atomic E-state index is -0.398. The Bertz CT molecular complexity index is 424. The van der Waals surface area contributed by atoms with Crippen LogP contribution in [0.4, 0.5) is 10.1 Å². The topological polar surface area (TPSA) is 32.3 Å². The van der Waals surface area contributed by atoms with Crippen LogP contribution in [0, 0.1) is 5.82 Å². The molecule has 1 unspecified atom stereocenters. The van der Waals surface area contributed by atoms with Crippen molar-refractivity contribution in [1.82, 2.24) is 5.32 Å². The van der Waals surface area contributed by atoms with Gasteiger partial charge in [0.15, 0.2) is 0 Å². The average Bonchev–Trinajstić information content (AvgIpc) is 2.60. The highest BCUT2D eigenvalue weighted by atomic mass is 35.5. The lowest BCUT2D eigenvalue weighted by molar-refractivity contribution is -0.118. The van der Waals surface area contributed by atoms with Crippen LogP contribution in [-0.2, 0) is 4.79 Å².